The van der Waals surface area contributed by atoms with Gasteiger partial charge >= 0.3 is 12.1 Å². The molecule has 0 aliphatic carbocycles. The van der Waals surface area contributed by atoms with Crippen molar-refractivity contribution in [2.45, 2.75) is 57.4 Å². The number of nitrogens with zero attached hydrogens (tertiary/aromatic N) is 5. The van der Waals surface area contributed by atoms with Crippen LogP contribution in [0.25, 0.3) is 0 Å². The summed E-state index contributed by atoms with van der Waals surface area (Å²) in [6.07, 6.45) is 1.54. The van der Waals surface area contributed by atoms with Crippen molar-refractivity contribution in [3.05, 3.63) is 23.2 Å². The van der Waals surface area contributed by atoms with Gasteiger partial charge in [0, 0.05) is 18.7 Å². The number of rotatable bonds is 10. The van der Waals surface area contributed by atoms with Gasteiger partial charge in [0.1, 0.15) is 34.2 Å². The highest BCUT2D eigenvalue weighted by atomic mass is 32.2. The average molecular weight is 524 g/mol. The normalized spacial score (nSPS) is 22.4. The van der Waals surface area contributed by atoms with Crippen LogP contribution in [-0.2, 0) is 41.7 Å². The van der Waals surface area contributed by atoms with E-state index in [4.69, 9.17) is 18.9 Å². The summed E-state index contributed by atoms with van der Waals surface area (Å²) in [4.78, 5) is 42.6. The van der Waals surface area contributed by atoms with E-state index in [0.29, 0.717) is 43.2 Å². The lowest BCUT2D eigenvalue weighted by molar-refractivity contribution is -0.144. The van der Waals surface area contributed by atoms with Crippen LogP contribution < -0.4 is 0 Å². The number of aliphatic hydroxyl groups excluding tert-OH is 1. The highest BCUT2D eigenvalue weighted by Gasteiger charge is 2.52. The molecule has 2 amide bonds. The van der Waals surface area contributed by atoms with Crippen molar-refractivity contribution >= 4 is 35.4 Å². The third-order valence-electron chi connectivity index (χ3n) is 5.19. The van der Waals surface area contributed by atoms with E-state index in [0.717, 1.165) is 6.61 Å². The van der Waals surface area contributed by atoms with Crippen LogP contribution in [-0.4, -0.2) is 97.9 Å². The first-order valence-electron chi connectivity index (χ1n) is 11.5. The first-order chi connectivity index (χ1) is 17.2. The van der Waals surface area contributed by atoms with Gasteiger partial charge in [-0.05, 0) is 26.3 Å². The fourth-order valence-corrected chi connectivity index (χ4v) is 4.71. The lowest BCUT2D eigenvalue weighted by Crippen LogP contribution is -2.62. The molecule has 4 rings (SSSR count). The highest BCUT2D eigenvalue weighted by Crippen LogP contribution is 2.39. The summed E-state index contributed by atoms with van der Waals surface area (Å²) in [6, 6.07) is 0. The van der Waals surface area contributed by atoms with E-state index in [1.807, 2.05) is 0 Å². The average Bonchev–Trinajstić information content (AvgIpc) is 3.54. The lowest BCUT2D eigenvalue weighted by atomic mass is 10.1. The second kappa shape index (κ2) is 11.1. The van der Waals surface area contributed by atoms with Crippen LogP contribution in [0.5, 0.6) is 0 Å². The Bertz CT molecular complexity index is 1070. The Labute approximate surface area is 211 Å². The number of carbonyl (C=O) groups excluding carboxylic acids is 3. The number of esters is 1. The van der Waals surface area contributed by atoms with Crippen molar-refractivity contribution in [3.63, 3.8) is 0 Å². The number of hydrogen-bond acceptors (Lipinski definition) is 11. The molecule has 0 unspecified atom stereocenters. The number of aromatic nitrogens is 3. The van der Waals surface area contributed by atoms with Crippen LogP contribution in [0.3, 0.4) is 0 Å². The first-order valence-corrected chi connectivity index (χ1v) is 12.6. The largest absolute Gasteiger partial charge is 0.461 e. The number of epoxide rings is 1. The molecule has 0 bridgehead atoms. The van der Waals surface area contributed by atoms with Gasteiger partial charge in [-0.3, -0.25) is 14.4 Å². The molecule has 3 aliphatic rings. The van der Waals surface area contributed by atoms with Crippen molar-refractivity contribution in [1.29, 1.82) is 0 Å². The third kappa shape index (κ3) is 6.49. The van der Waals surface area contributed by atoms with E-state index in [1.54, 1.807) is 31.6 Å². The minimum atomic E-state index is -0.869. The second-order valence-corrected chi connectivity index (χ2v) is 10.4. The topological polar surface area (TPSA) is 158 Å². The molecule has 1 aromatic rings. The van der Waals surface area contributed by atoms with Crippen LogP contribution >= 0.6 is 11.8 Å². The second-order valence-electron chi connectivity index (χ2n) is 9.36. The number of fused-ring (bicyclic) bond motifs is 1. The molecule has 0 spiro atoms. The first kappa shape index (κ1) is 26.3. The van der Waals surface area contributed by atoms with E-state index in [1.165, 1.54) is 16.7 Å². The molecular formula is C22H29N5O8S. The van der Waals surface area contributed by atoms with Crippen LogP contribution in [0, 0.1) is 0 Å². The smallest absolute Gasteiger partial charge is 0.434 e. The summed E-state index contributed by atoms with van der Waals surface area (Å²) in [7, 11) is 0. The van der Waals surface area contributed by atoms with Crippen molar-refractivity contribution in [2.24, 2.45) is 4.99 Å². The van der Waals surface area contributed by atoms with Gasteiger partial charge < -0.3 is 24.1 Å². The van der Waals surface area contributed by atoms with Crippen LogP contribution in [0.15, 0.2) is 22.5 Å². The summed E-state index contributed by atoms with van der Waals surface area (Å²) in [5.74, 6) is -1.02. The molecule has 14 heteroatoms. The fraction of sp³-hybridized carbons (Fsp3) is 0.636. The Hall–Kier alpha value is -2.81. The van der Waals surface area contributed by atoms with Crippen molar-refractivity contribution < 1.29 is 38.4 Å². The van der Waals surface area contributed by atoms with Gasteiger partial charge in [0.2, 0.25) is 0 Å². The molecule has 196 valence electrons. The van der Waals surface area contributed by atoms with Crippen molar-refractivity contribution in [1.82, 2.24) is 19.9 Å². The van der Waals surface area contributed by atoms with E-state index >= 15 is 0 Å². The number of ether oxygens (including phenoxy) is 4. The molecule has 0 aromatic carbocycles. The molecule has 13 nitrogen and oxygen atoms in total. The zero-order valence-corrected chi connectivity index (χ0v) is 21.2. The number of aliphatic imine (C=N–C) groups is 1. The molecule has 0 radical (unpaired) electrons. The zero-order chi connectivity index (χ0) is 25.9. The predicted molar refractivity (Wildman–Crippen MR) is 126 cm³/mol. The molecule has 1 N–H and O–H groups in total. The van der Waals surface area contributed by atoms with Gasteiger partial charge in [0.25, 0.3) is 5.91 Å². The number of carbonyl (C=O) groups is 3. The highest BCUT2D eigenvalue weighted by molar-refractivity contribution is 8.01. The number of aliphatic hydroxyl groups is 1. The van der Waals surface area contributed by atoms with Gasteiger partial charge in [-0.2, -0.15) is 4.99 Å². The van der Waals surface area contributed by atoms with Crippen LogP contribution in [0.2, 0.25) is 0 Å². The molecule has 2 fully saturated rings. The van der Waals surface area contributed by atoms with Gasteiger partial charge in [-0.15, -0.1) is 16.9 Å². The van der Waals surface area contributed by atoms with E-state index in [-0.39, 0.29) is 24.1 Å². The van der Waals surface area contributed by atoms with E-state index < -0.39 is 35.6 Å². The standard InChI is InChI=1S/C22H29N5O8S/c1-22(2,3)35-21(31)23-16-18(29)27-17(13(8-28)12-36-19(16)27)20(30)33-6-4-5-26-7-14(24-25-26)9-32-10-15-11-34-15/h7,15,19,28H,4-6,8-12H2,1-3H3/b23-16+/t15-,19-/m1/s1. The molecule has 36 heavy (non-hydrogen) atoms. The minimum absolute atomic E-state index is 0.00535. The summed E-state index contributed by atoms with van der Waals surface area (Å²) in [5, 5.41) is 17.2. The van der Waals surface area contributed by atoms with Crippen LogP contribution in [0.4, 0.5) is 4.79 Å². The molecule has 0 saturated carbocycles. The van der Waals surface area contributed by atoms with Crippen molar-refractivity contribution in [3.8, 4) is 0 Å². The summed E-state index contributed by atoms with van der Waals surface area (Å²) < 4.78 is 22.7. The Morgan fingerprint density at radius 2 is 2.14 bits per heavy atom. The van der Waals surface area contributed by atoms with Gasteiger partial charge in [-0.1, -0.05) is 5.21 Å². The Balaban J connectivity index is 1.28. The maximum absolute atomic E-state index is 12.8. The predicted octanol–water partition coefficient (Wildman–Crippen LogP) is 0.664. The van der Waals surface area contributed by atoms with Gasteiger partial charge in [0.15, 0.2) is 0 Å². The molecule has 3 aliphatic heterocycles. The Morgan fingerprint density at radius 1 is 1.36 bits per heavy atom. The number of aryl methyl sites for hydroxylation is 1. The molecule has 4 heterocycles. The molecular weight excluding hydrogens is 494 g/mol. The van der Waals surface area contributed by atoms with Crippen molar-refractivity contribution in [2.75, 3.05) is 32.2 Å². The third-order valence-corrected chi connectivity index (χ3v) is 6.46. The summed E-state index contributed by atoms with van der Waals surface area (Å²) in [6.45, 7) is 6.83. The Morgan fingerprint density at radius 3 is 2.83 bits per heavy atom. The van der Waals surface area contributed by atoms with Gasteiger partial charge in [-0.25, -0.2) is 9.59 Å². The van der Waals surface area contributed by atoms with E-state index in [9.17, 15) is 19.5 Å². The number of β-lactam (4-membered cyclic amide) rings is 1. The zero-order valence-electron chi connectivity index (χ0n) is 20.3. The Kier molecular flexibility index (Phi) is 8.07. The number of amides is 2. The minimum Gasteiger partial charge on any atom is -0.461 e. The SMILES string of the molecule is CC(C)(C)OC(=O)/N=C1\C(=O)N2C(C(=O)OCCCn3cc(COC[C@@H]4CO4)nn3)=C(CO)CS[C@H]12. The van der Waals surface area contributed by atoms with E-state index in [2.05, 4.69) is 15.3 Å². The van der Waals surface area contributed by atoms with Crippen LogP contribution in [0.1, 0.15) is 32.9 Å². The quantitative estimate of drug-likeness (QED) is 0.199. The monoisotopic (exact) mass is 523 g/mol. The maximum Gasteiger partial charge on any atom is 0.434 e. The summed E-state index contributed by atoms with van der Waals surface area (Å²) in [5.41, 5.74) is 0.320. The number of hydrogen-bond donors (Lipinski definition) is 1. The van der Waals surface area contributed by atoms with Gasteiger partial charge in [0.05, 0.1) is 39.2 Å². The molecule has 2 saturated heterocycles. The molecule has 2 atom stereocenters. The fourth-order valence-electron chi connectivity index (χ4n) is 3.46. The molecule has 1 aromatic heterocycles. The number of thioether (sulfide) groups is 1. The maximum atomic E-state index is 12.8. The summed E-state index contributed by atoms with van der Waals surface area (Å²) >= 11 is 1.28. The lowest BCUT2D eigenvalue weighted by Gasteiger charge is -2.44.